The molecule has 0 heterocycles. The first-order valence-electron chi connectivity index (χ1n) is 7.07. The van der Waals surface area contributed by atoms with E-state index < -0.39 is 0 Å². The molecule has 98 valence electrons. The lowest BCUT2D eigenvalue weighted by Gasteiger charge is -2.37. The fraction of sp³-hybridized carbons (Fsp3) is 0.529. The van der Waals surface area contributed by atoms with Gasteiger partial charge in [-0.25, -0.2) is 0 Å². The van der Waals surface area contributed by atoms with E-state index in [1.54, 1.807) is 0 Å². The lowest BCUT2D eigenvalue weighted by molar-refractivity contribution is 0.355. The van der Waals surface area contributed by atoms with Crippen LogP contribution >= 0.6 is 0 Å². The molecule has 1 aliphatic carbocycles. The Morgan fingerprint density at radius 2 is 1.78 bits per heavy atom. The van der Waals surface area contributed by atoms with Crippen LogP contribution in [0.2, 0.25) is 0 Å². The Morgan fingerprint density at radius 1 is 1.17 bits per heavy atom. The van der Waals surface area contributed by atoms with Crippen LogP contribution in [-0.2, 0) is 5.41 Å². The average molecular weight is 243 g/mol. The zero-order chi connectivity index (χ0) is 13.0. The summed E-state index contributed by atoms with van der Waals surface area (Å²) in [6.07, 6.45) is 7.70. The summed E-state index contributed by atoms with van der Waals surface area (Å²) in [5, 5.41) is 3.54. The molecule has 1 unspecified atom stereocenters. The molecule has 1 N–H and O–H groups in total. The summed E-state index contributed by atoms with van der Waals surface area (Å²) >= 11 is 0. The van der Waals surface area contributed by atoms with Crippen molar-refractivity contribution in [1.82, 2.24) is 5.32 Å². The van der Waals surface area contributed by atoms with Crippen LogP contribution in [-0.4, -0.2) is 13.1 Å². The van der Waals surface area contributed by atoms with Crippen LogP contribution in [0, 0.1) is 0 Å². The first kappa shape index (κ1) is 13.4. The maximum absolute atomic E-state index is 3.54. The molecule has 0 aromatic heterocycles. The minimum Gasteiger partial charge on any atom is -0.313 e. The van der Waals surface area contributed by atoms with Gasteiger partial charge in [0.15, 0.2) is 0 Å². The quantitative estimate of drug-likeness (QED) is 0.787. The summed E-state index contributed by atoms with van der Waals surface area (Å²) in [6.45, 7) is 4.38. The van der Waals surface area contributed by atoms with E-state index in [1.807, 2.05) is 0 Å². The summed E-state index contributed by atoms with van der Waals surface area (Å²) in [7, 11) is 2.09. The SMILES string of the molecule is CNC(C=C(C)C)C1(c2ccccc2)CCCC1. The van der Waals surface area contributed by atoms with E-state index in [0.29, 0.717) is 11.5 Å². The zero-order valence-corrected chi connectivity index (χ0v) is 11.9. The van der Waals surface area contributed by atoms with Crippen molar-refractivity contribution >= 4 is 0 Å². The van der Waals surface area contributed by atoms with E-state index in [2.05, 4.69) is 62.6 Å². The van der Waals surface area contributed by atoms with Crippen LogP contribution < -0.4 is 5.32 Å². The van der Waals surface area contributed by atoms with Crippen LogP contribution in [0.15, 0.2) is 42.0 Å². The Balaban J connectivity index is 2.40. The highest BCUT2D eigenvalue weighted by atomic mass is 14.9. The van der Waals surface area contributed by atoms with Gasteiger partial charge in [-0.3, -0.25) is 0 Å². The third-order valence-corrected chi connectivity index (χ3v) is 4.25. The topological polar surface area (TPSA) is 12.0 Å². The lowest BCUT2D eigenvalue weighted by atomic mass is 9.72. The van der Waals surface area contributed by atoms with Gasteiger partial charge in [0.25, 0.3) is 0 Å². The normalized spacial score (nSPS) is 19.5. The second kappa shape index (κ2) is 5.71. The van der Waals surface area contributed by atoms with Crippen molar-refractivity contribution in [3.63, 3.8) is 0 Å². The predicted octanol–water partition coefficient (Wildman–Crippen LogP) is 4.05. The van der Waals surface area contributed by atoms with E-state index in [-0.39, 0.29) is 0 Å². The molecular weight excluding hydrogens is 218 g/mol. The highest BCUT2D eigenvalue weighted by molar-refractivity contribution is 5.32. The molecule has 1 aliphatic rings. The minimum absolute atomic E-state index is 0.299. The van der Waals surface area contributed by atoms with Crippen LogP contribution in [0.1, 0.15) is 45.1 Å². The Bertz CT molecular complexity index is 395. The second-order valence-corrected chi connectivity index (χ2v) is 5.74. The van der Waals surface area contributed by atoms with Crippen LogP contribution in [0.3, 0.4) is 0 Å². The molecule has 1 heteroatoms. The van der Waals surface area contributed by atoms with E-state index in [1.165, 1.54) is 36.8 Å². The lowest BCUT2D eigenvalue weighted by Crippen LogP contribution is -2.44. The minimum atomic E-state index is 0.299. The molecule has 0 bridgehead atoms. The summed E-state index contributed by atoms with van der Waals surface area (Å²) in [5.74, 6) is 0. The van der Waals surface area contributed by atoms with Gasteiger partial charge in [0.1, 0.15) is 0 Å². The largest absolute Gasteiger partial charge is 0.313 e. The monoisotopic (exact) mass is 243 g/mol. The number of allylic oxidation sites excluding steroid dienone is 1. The molecule has 1 aromatic carbocycles. The molecular formula is C17H25N. The molecule has 0 radical (unpaired) electrons. The molecule has 1 nitrogen and oxygen atoms in total. The number of benzene rings is 1. The Labute approximate surface area is 111 Å². The highest BCUT2D eigenvalue weighted by Gasteiger charge is 2.40. The van der Waals surface area contributed by atoms with Crippen molar-refractivity contribution in [1.29, 1.82) is 0 Å². The number of hydrogen-bond acceptors (Lipinski definition) is 1. The number of likely N-dealkylation sites (N-methyl/N-ethyl adjacent to an activating group) is 1. The van der Waals surface area contributed by atoms with E-state index >= 15 is 0 Å². The smallest absolute Gasteiger partial charge is 0.0347 e. The average Bonchev–Trinajstić information content (AvgIpc) is 2.87. The molecule has 1 saturated carbocycles. The Morgan fingerprint density at radius 3 is 2.28 bits per heavy atom. The summed E-state index contributed by atoms with van der Waals surface area (Å²) in [6, 6.07) is 11.5. The number of hydrogen-bond donors (Lipinski definition) is 1. The van der Waals surface area contributed by atoms with Crippen molar-refractivity contribution < 1.29 is 0 Å². The van der Waals surface area contributed by atoms with Crippen LogP contribution in [0.4, 0.5) is 0 Å². The van der Waals surface area contributed by atoms with Gasteiger partial charge in [-0.15, -0.1) is 0 Å². The fourth-order valence-corrected chi connectivity index (χ4v) is 3.41. The third kappa shape index (κ3) is 2.51. The van der Waals surface area contributed by atoms with Crippen molar-refractivity contribution in [3.05, 3.63) is 47.5 Å². The molecule has 2 rings (SSSR count). The van der Waals surface area contributed by atoms with Gasteiger partial charge in [-0.2, -0.15) is 0 Å². The first-order chi connectivity index (χ1) is 8.69. The molecule has 0 saturated heterocycles. The van der Waals surface area contributed by atoms with E-state index in [0.717, 1.165) is 0 Å². The van der Waals surface area contributed by atoms with E-state index in [4.69, 9.17) is 0 Å². The second-order valence-electron chi connectivity index (χ2n) is 5.74. The number of nitrogens with one attached hydrogen (secondary N) is 1. The molecule has 0 amide bonds. The Kier molecular flexibility index (Phi) is 4.23. The predicted molar refractivity (Wildman–Crippen MR) is 78.9 cm³/mol. The van der Waals surface area contributed by atoms with Gasteiger partial charge in [-0.05, 0) is 39.3 Å². The van der Waals surface area contributed by atoms with Gasteiger partial charge < -0.3 is 5.32 Å². The van der Waals surface area contributed by atoms with Crippen molar-refractivity contribution in [3.8, 4) is 0 Å². The van der Waals surface area contributed by atoms with Gasteiger partial charge in [0, 0.05) is 11.5 Å². The maximum Gasteiger partial charge on any atom is 0.0347 e. The molecule has 0 spiro atoms. The summed E-state index contributed by atoms with van der Waals surface area (Å²) in [4.78, 5) is 0. The molecule has 0 aliphatic heterocycles. The zero-order valence-electron chi connectivity index (χ0n) is 11.9. The van der Waals surface area contributed by atoms with Gasteiger partial charge in [-0.1, -0.05) is 54.8 Å². The number of rotatable bonds is 4. The highest BCUT2D eigenvalue weighted by Crippen LogP contribution is 2.44. The maximum atomic E-state index is 3.54. The van der Waals surface area contributed by atoms with E-state index in [9.17, 15) is 0 Å². The Hall–Kier alpha value is -1.08. The van der Waals surface area contributed by atoms with Crippen molar-refractivity contribution in [2.75, 3.05) is 7.05 Å². The van der Waals surface area contributed by atoms with Gasteiger partial charge in [0.05, 0.1) is 0 Å². The standard InChI is InChI=1S/C17H25N/c1-14(2)13-16(18-3)17(11-7-8-12-17)15-9-5-4-6-10-15/h4-6,9-10,13,16,18H,7-8,11-12H2,1-3H3. The van der Waals surface area contributed by atoms with Crippen LogP contribution in [0.5, 0.6) is 0 Å². The van der Waals surface area contributed by atoms with Gasteiger partial charge >= 0.3 is 0 Å². The van der Waals surface area contributed by atoms with Gasteiger partial charge in [0.2, 0.25) is 0 Å². The molecule has 1 atom stereocenters. The summed E-state index contributed by atoms with van der Waals surface area (Å²) < 4.78 is 0. The van der Waals surface area contributed by atoms with Crippen LogP contribution in [0.25, 0.3) is 0 Å². The molecule has 1 aromatic rings. The first-order valence-corrected chi connectivity index (χ1v) is 7.07. The molecule has 1 fully saturated rings. The molecule has 18 heavy (non-hydrogen) atoms. The summed E-state index contributed by atoms with van der Waals surface area (Å²) in [5.41, 5.74) is 3.20. The third-order valence-electron chi connectivity index (χ3n) is 4.25. The fourth-order valence-electron chi connectivity index (χ4n) is 3.41. The van der Waals surface area contributed by atoms with Crippen molar-refractivity contribution in [2.45, 2.75) is 51.0 Å². The van der Waals surface area contributed by atoms with Crippen molar-refractivity contribution in [2.24, 2.45) is 0 Å².